The van der Waals surface area contributed by atoms with Crippen molar-refractivity contribution in [2.45, 2.75) is 30.6 Å². The van der Waals surface area contributed by atoms with Gasteiger partial charge < -0.3 is 10.2 Å². The van der Waals surface area contributed by atoms with E-state index in [0.717, 1.165) is 17.0 Å². The van der Waals surface area contributed by atoms with E-state index in [0.29, 0.717) is 16.4 Å². The van der Waals surface area contributed by atoms with Crippen molar-refractivity contribution in [1.82, 2.24) is 10.2 Å². The van der Waals surface area contributed by atoms with Gasteiger partial charge in [-0.25, -0.2) is 12.8 Å². The first-order valence-corrected chi connectivity index (χ1v) is 13.3. The average molecular weight is 586 g/mol. The Morgan fingerprint density at radius 2 is 1.62 bits per heavy atom. The maximum atomic E-state index is 14.4. The lowest BCUT2D eigenvalue weighted by atomic mass is 10.1. The molecule has 39 heavy (non-hydrogen) atoms. The lowest BCUT2D eigenvalue weighted by molar-refractivity contribution is -0.139. The van der Waals surface area contributed by atoms with Gasteiger partial charge in [-0.1, -0.05) is 48.0 Å². The first-order valence-electron chi connectivity index (χ1n) is 11.5. The summed E-state index contributed by atoms with van der Waals surface area (Å²) in [5.74, 6) is -2.29. The van der Waals surface area contributed by atoms with E-state index >= 15 is 0 Å². The lowest BCUT2D eigenvalue weighted by Gasteiger charge is -2.32. The summed E-state index contributed by atoms with van der Waals surface area (Å²) in [6.45, 7) is -0.103. The Kier molecular flexibility index (Phi) is 9.23. The number of carbonyl (C=O) groups excluding carboxylic acids is 2. The number of likely N-dealkylation sites (N-methyl/N-ethyl adjacent to an activating group) is 1. The minimum absolute atomic E-state index is 0.0381. The molecule has 0 aromatic heterocycles. The largest absolute Gasteiger partial charge is 0.416 e. The van der Waals surface area contributed by atoms with E-state index in [4.69, 9.17) is 11.6 Å². The number of amides is 2. The predicted molar refractivity (Wildman–Crippen MR) is 138 cm³/mol. The molecular weight excluding hydrogens is 562 g/mol. The Morgan fingerprint density at radius 3 is 2.21 bits per heavy atom. The number of anilines is 1. The quantitative estimate of drug-likeness (QED) is 0.364. The Morgan fingerprint density at radius 1 is 1.00 bits per heavy atom. The molecule has 0 radical (unpaired) electrons. The van der Waals surface area contributed by atoms with E-state index in [-0.39, 0.29) is 15.5 Å². The number of carbonyl (C=O) groups is 2. The Bertz CT molecular complexity index is 1450. The molecule has 2 amide bonds. The third kappa shape index (κ3) is 6.87. The van der Waals surface area contributed by atoms with Crippen LogP contribution in [0.4, 0.5) is 23.2 Å². The maximum absolute atomic E-state index is 14.4. The number of sulfonamides is 1. The third-order valence-corrected chi connectivity index (χ3v) is 7.96. The molecule has 0 aliphatic carbocycles. The van der Waals surface area contributed by atoms with E-state index in [2.05, 4.69) is 5.32 Å². The number of halogens is 5. The molecular formula is C26H24ClF4N3O4S. The highest BCUT2D eigenvalue weighted by atomic mass is 35.5. The molecule has 1 atom stereocenters. The van der Waals surface area contributed by atoms with Crippen molar-refractivity contribution in [3.63, 3.8) is 0 Å². The average Bonchev–Trinajstić information content (AvgIpc) is 2.90. The lowest BCUT2D eigenvalue weighted by Crippen LogP contribution is -2.50. The SMILES string of the molecule is CNC(=O)C(C)N(Cc1ccccc1F)C(=O)CN(c1cc(C(F)(F)F)ccc1Cl)S(=O)(=O)c1ccccc1. The smallest absolute Gasteiger partial charge is 0.357 e. The molecule has 0 aliphatic rings. The van der Waals surface area contributed by atoms with Crippen molar-refractivity contribution < 1.29 is 35.6 Å². The topological polar surface area (TPSA) is 86.8 Å². The Balaban J connectivity index is 2.14. The summed E-state index contributed by atoms with van der Waals surface area (Å²) in [4.78, 5) is 26.7. The monoisotopic (exact) mass is 585 g/mol. The molecule has 0 fully saturated rings. The number of rotatable bonds is 9. The molecule has 1 unspecified atom stereocenters. The fourth-order valence-corrected chi connectivity index (χ4v) is 5.43. The minimum Gasteiger partial charge on any atom is -0.357 e. The Labute approximate surface area is 228 Å². The highest BCUT2D eigenvalue weighted by Gasteiger charge is 2.36. The van der Waals surface area contributed by atoms with E-state index in [1.54, 1.807) is 0 Å². The number of nitrogens with zero attached hydrogens (tertiary/aromatic N) is 2. The zero-order valence-corrected chi connectivity index (χ0v) is 22.3. The normalized spacial score (nSPS) is 12.5. The van der Waals surface area contributed by atoms with Crippen molar-refractivity contribution in [2.24, 2.45) is 0 Å². The van der Waals surface area contributed by atoms with E-state index in [9.17, 15) is 35.6 Å². The summed E-state index contributed by atoms with van der Waals surface area (Å²) in [7, 11) is -3.32. The second-order valence-electron chi connectivity index (χ2n) is 8.39. The van der Waals surface area contributed by atoms with Gasteiger partial charge in [0.1, 0.15) is 18.4 Å². The first-order chi connectivity index (χ1) is 18.3. The number of hydrogen-bond donors (Lipinski definition) is 1. The van der Waals surface area contributed by atoms with Crippen LogP contribution >= 0.6 is 11.6 Å². The minimum atomic E-state index is -4.84. The van der Waals surface area contributed by atoms with Crippen LogP contribution < -0.4 is 9.62 Å². The summed E-state index contributed by atoms with van der Waals surface area (Å²) in [5.41, 5.74) is -1.75. The molecule has 13 heteroatoms. The summed E-state index contributed by atoms with van der Waals surface area (Å²) >= 11 is 6.17. The van der Waals surface area contributed by atoms with Crippen LogP contribution in [0.1, 0.15) is 18.1 Å². The second kappa shape index (κ2) is 12.0. The van der Waals surface area contributed by atoms with Gasteiger partial charge in [0.05, 0.1) is 21.2 Å². The summed E-state index contributed by atoms with van der Waals surface area (Å²) < 4.78 is 82.8. The van der Waals surface area contributed by atoms with Crippen LogP contribution in [0.15, 0.2) is 77.7 Å². The first kappa shape index (κ1) is 29.9. The van der Waals surface area contributed by atoms with Gasteiger partial charge in [0.2, 0.25) is 11.8 Å². The van der Waals surface area contributed by atoms with Crippen LogP contribution in [0.25, 0.3) is 0 Å². The molecule has 3 aromatic carbocycles. The van der Waals surface area contributed by atoms with Crippen molar-refractivity contribution in [3.8, 4) is 0 Å². The van der Waals surface area contributed by atoms with Crippen molar-refractivity contribution >= 4 is 39.1 Å². The van der Waals surface area contributed by atoms with E-state index in [1.165, 1.54) is 62.5 Å². The molecule has 0 spiro atoms. The van der Waals surface area contributed by atoms with Gasteiger partial charge in [-0.2, -0.15) is 13.2 Å². The zero-order valence-electron chi connectivity index (χ0n) is 20.7. The Hall–Kier alpha value is -3.64. The van der Waals surface area contributed by atoms with Gasteiger partial charge in [0.25, 0.3) is 10.0 Å². The van der Waals surface area contributed by atoms with Gasteiger partial charge in [-0.05, 0) is 43.3 Å². The molecule has 0 bridgehead atoms. The van der Waals surface area contributed by atoms with E-state index < -0.39 is 64.2 Å². The van der Waals surface area contributed by atoms with Crippen LogP contribution in [0.3, 0.4) is 0 Å². The molecule has 1 N–H and O–H groups in total. The molecule has 0 heterocycles. The molecule has 208 valence electrons. The zero-order chi connectivity index (χ0) is 29.0. The summed E-state index contributed by atoms with van der Waals surface area (Å²) in [5, 5.41) is 2.00. The predicted octanol–water partition coefficient (Wildman–Crippen LogP) is 4.86. The second-order valence-corrected chi connectivity index (χ2v) is 10.7. The maximum Gasteiger partial charge on any atom is 0.416 e. The highest BCUT2D eigenvalue weighted by molar-refractivity contribution is 7.92. The summed E-state index contributed by atoms with van der Waals surface area (Å²) in [6, 6.07) is 13.1. The highest BCUT2D eigenvalue weighted by Crippen LogP contribution is 2.37. The van der Waals surface area contributed by atoms with Crippen molar-refractivity contribution in [3.05, 3.63) is 94.8 Å². The number of alkyl halides is 3. The van der Waals surface area contributed by atoms with Gasteiger partial charge >= 0.3 is 6.18 Å². The van der Waals surface area contributed by atoms with Crippen LogP contribution in [-0.2, 0) is 32.3 Å². The van der Waals surface area contributed by atoms with Crippen LogP contribution in [-0.4, -0.2) is 44.8 Å². The molecule has 3 aromatic rings. The number of benzene rings is 3. The molecule has 0 aliphatic heterocycles. The molecule has 7 nitrogen and oxygen atoms in total. The van der Waals surface area contributed by atoms with Crippen LogP contribution in [0.2, 0.25) is 5.02 Å². The van der Waals surface area contributed by atoms with Crippen molar-refractivity contribution in [2.75, 3.05) is 17.9 Å². The van der Waals surface area contributed by atoms with Crippen molar-refractivity contribution in [1.29, 1.82) is 0 Å². The fourth-order valence-electron chi connectivity index (χ4n) is 3.71. The third-order valence-electron chi connectivity index (χ3n) is 5.86. The van der Waals surface area contributed by atoms with Gasteiger partial charge in [-0.3, -0.25) is 13.9 Å². The summed E-state index contributed by atoms with van der Waals surface area (Å²) in [6.07, 6.45) is -4.84. The van der Waals surface area contributed by atoms with Crippen LogP contribution in [0, 0.1) is 5.82 Å². The number of hydrogen-bond acceptors (Lipinski definition) is 4. The van der Waals surface area contributed by atoms with E-state index in [1.807, 2.05) is 0 Å². The standard InChI is InChI=1S/C26H24ClF4N3O4S/c1-17(25(36)32-2)33(15-18-8-6-7-11-22(18)28)24(35)16-34(39(37,38)20-9-4-3-5-10-20)23-14-19(26(29,30)31)12-13-21(23)27/h3-14,17H,15-16H2,1-2H3,(H,32,36). The molecule has 0 saturated carbocycles. The fraction of sp³-hybridized carbons (Fsp3) is 0.231. The van der Waals surface area contributed by atoms with Crippen LogP contribution in [0.5, 0.6) is 0 Å². The molecule has 3 rings (SSSR count). The number of nitrogens with one attached hydrogen (secondary N) is 1. The van der Waals surface area contributed by atoms with Gasteiger partial charge in [0, 0.05) is 19.2 Å². The molecule has 0 saturated heterocycles. The van der Waals surface area contributed by atoms with Gasteiger partial charge in [-0.15, -0.1) is 0 Å². The van der Waals surface area contributed by atoms with Gasteiger partial charge in [0.15, 0.2) is 0 Å².